The fraction of sp³-hybridized carbons (Fsp3) is 0.667. The number of rotatable bonds is 4. The Morgan fingerprint density at radius 1 is 1.50 bits per heavy atom. The first-order chi connectivity index (χ1) is 9.54. The molecule has 20 heavy (non-hydrogen) atoms. The van der Waals surface area contributed by atoms with Gasteiger partial charge in [-0.2, -0.15) is 0 Å². The quantitative estimate of drug-likeness (QED) is 0.649. The molecule has 1 aromatic heterocycles. The average Bonchev–Trinajstić information content (AvgIpc) is 2.38. The topological polar surface area (TPSA) is 87.4 Å². The number of nitro groups is 1. The van der Waals surface area contributed by atoms with Crippen LogP contribution >= 0.6 is 0 Å². The molecule has 0 aliphatic carbocycles. The van der Waals surface area contributed by atoms with Gasteiger partial charge in [-0.1, -0.05) is 0 Å². The van der Waals surface area contributed by atoms with Gasteiger partial charge in [0.2, 0.25) is 11.6 Å². The zero-order valence-corrected chi connectivity index (χ0v) is 12.0. The van der Waals surface area contributed by atoms with Crippen LogP contribution < -0.4 is 10.2 Å². The minimum absolute atomic E-state index is 0.0363. The summed E-state index contributed by atoms with van der Waals surface area (Å²) >= 11 is 0. The molecule has 0 aromatic carbocycles. The molecule has 0 amide bonds. The van der Waals surface area contributed by atoms with Gasteiger partial charge < -0.3 is 15.1 Å². The number of likely N-dealkylation sites (N-methyl/N-ethyl adjacent to an activating group) is 1. The highest BCUT2D eigenvalue weighted by Gasteiger charge is 2.31. The number of nitrogens with one attached hydrogen (secondary N) is 1. The molecular formula is C12H20N6O2. The molecule has 0 radical (unpaired) electrons. The molecule has 1 saturated heterocycles. The van der Waals surface area contributed by atoms with Crippen LogP contribution in [0.2, 0.25) is 0 Å². The summed E-state index contributed by atoms with van der Waals surface area (Å²) in [6, 6.07) is 0.178. The first kappa shape index (κ1) is 14.4. The third-order valence-electron chi connectivity index (χ3n) is 3.43. The van der Waals surface area contributed by atoms with Crippen molar-refractivity contribution in [3.05, 3.63) is 16.4 Å². The van der Waals surface area contributed by atoms with Crippen molar-refractivity contribution in [1.29, 1.82) is 0 Å². The van der Waals surface area contributed by atoms with Crippen molar-refractivity contribution in [2.24, 2.45) is 0 Å². The lowest BCUT2D eigenvalue weighted by atomic mass is 10.2. The third kappa shape index (κ3) is 2.79. The monoisotopic (exact) mass is 280 g/mol. The van der Waals surface area contributed by atoms with E-state index in [-0.39, 0.29) is 17.5 Å². The van der Waals surface area contributed by atoms with Crippen LogP contribution in [-0.2, 0) is 0 Å². The summed E-state index contributed by atoms with van der Waals surface area (Å²) in [5.74, 6) is 0.690. The molecule has 1 aliphatic heterocycles. The molecule has 1 aromatic rings. The van der Waals surface area contributed by atoms with Gasteiger partial charge >= 0.3 is 5.69 Å². The Hall–Kier alpha value is -1.96. The van der Waals surface area contributed by atoms with Crippen molar-refractivity contribution in [1.82, 2.24) is 14.9 Å². The smallest absolute Gasteiger partial charge is 0.353 e. The maximum Gasteiger partial charge on any atom is 0.353 e. The van der Waals surface area contributed by atoms with E-state index in [1.54, 1.807) is 0 Å². The van der Waals surface area contributed by atoms with Crippen LogP contribution in [0.25, 0.3) is 0 Å². The van der Waals surface area contributed by atoms with Gasteiger partial charge in [-0.15, -0.1) is 0 Å². The van der Waals surface area contributed by atoms with Crippen molar-refractivity contribution in [2.45, 2.75) is 19.9 Å². The van der Waals surface area contributed by atoms with Crippen LogP contribution in [0, 0.1) is 10.1 Å². The summed E-state index contributed by atoms with van der Waals surface area (Å²) in [4.78, 5) is 23.3. The van der Waals surface area contributed by atoms with E-state index in [0.29, 0.717) is 12.4 Å². The number of piperazine rings is 1. The van der Waals surface area contributed by atoms with Crippen molar-refractivity contribution in [3.8, 4) is 0 Å². The van der Waals surface area contributed by atoms with Crippen molar-refractivity contribution < 1.29 is 4.92 Å². The van der Waals surface area contributed by atoms with E-state index in [9.17, 15) is 10.1 Å². The third-order valence-corrected chi connectivity index (χ3v) is 3.43. The highest BCUT2D eigenvalue weighted by atomic mass is 16.6. The normalized spacial score (nSPS) is 19.9. The highest BCUT2D eigenvalue weighted by molar-refractivity contribution is 5.70. The lowest BCUT2D eigenvalue weighted by molar-refractivity contribution is -0.383. The van der Waals surface area contributed by atoms with Crippen LogP contribution in [0.5, 0.6) is 0 Å². The zero-order chi connectivity index (χ0) is 14.7. The second kappa shape index (κ2) is 6.00. The van der Waals surface area contributed by atoms with E-state index < -0.39 is 4.92 Å². The van der Waals surface area contributed by atoms with Gasteiger partial charge in [0.15, 0.2) is 0 Å². The second-order valence-electron chi connectivity index (χ2n) is 4.99. The van der Waals surface area contributed by atoms with Crippen molar-refractivity contribution in [2.75, 3.05) is 43.4 Å². The van der Waals surface area contributed by atoms with E-state index in [2.05, 4.69) is 27.1 Å². The molecule has 2 rings (SSSR count). The fourth-order valence-electron chi connectivity index (χ4n) is 2.50. The molecule has 1 atom stereocenters. The van der Waals surface area contributed by atoms with Gasteiger partial charge in [-0.3, -0.25) is 10.1 Å². The molecule has 2 heterocycles. The molecule has 1 aliphatic rings. The molecule has 1 N–H and O–H groups in total. The SMILES string of the molecule is CCNc1ncnc(N2CCN(C)CC2C)c1[N+](=O)[O-]. The summed E-state index contributed by atoms with van der Waals surface area (Å²) in [5, 5.41) is 14.3. The summed E-state index contributed by atoms with van der Waals surface area (Å²) in [6.45, 7) is 6.95. The first-order valence-corrected chi connectivity index (χ1v) is 6.73. The Morgan fingerprint density at radius 3 is 2.85 bits per heavy atom. The largest absolute Gasteiger partial charge is 0.364 e. The molecule has 8 nitrogen and oxygen atoms in total. The minimum atomic E-state index is -0.404. The fourth-order valence-corrected chi connectivity index (χ4v) is 2.50. The Morgan fingerprint density at radius 2 is 2.25 bits per heavy atom. The van der Waals surface area contributed by atoms with Crippen LogP contribution in [0.15, 0.2) is 6.33 Å². The molecule has 1 fully saturated rings. The maximum atomic E-state index is 11.4. The molecule has 0 spiro atoms. The number of nitrogens with zero attached hydrogens (tertiary/aromatic N) is 5. The van der Waals surface area contributed by atoms with Gasteiger partial charge in [0.1, 0.15) is 6.33 Å². The van der Waals surface area contributed by atoms with E-state index in [1.807, 2.05) is 18.9 Å². The van der Waals surface area contributed by atoms with Crippen LogP contribution in [0.1, 0.15) is 13.8 Å². The molecular weight excluding hydrogens is 260 g/mol. The molecule has 0 bridgehead atoms. The summed E-state index contributed by atoms with van der Waals surface area (Å²) in [5.41, 5.74) is -0.0363. The number of anilines is 2. The standard InChI is InChI=1S/C12H20N6O2/c1-4-13-11-10(18(19)20)12(15-8-14-11)17-6-5-16(3)7-9(17)2/h8-9H,4-7H2,1-3H3,(H,13,14,15). The van der Waals surface area contributed by atoms with Crippen LogP contribution in [-0.4, -0.2) is 59.1 Å². The van der Waals surface area contributed by atoms with E-state index in [1.165, 1.54) is 6.33 Å². The number of aromatic nitrogens is 2. The Bertz CT molecular complexity index is 495. The maximum absolute atomic E-state index is 11.4. The molecule has 110 valence electrons. The highest BCUT2D eigenvalue weighted by Crippen LogP contribution is 2.33. The zero-order valence-electron chi connectivity index (χ0n) is 12.0. The van der Waals surface area contributed by atoms with Gasteiger partial charge in [-0.05, 0) is 20.9 Å². The minimum Gasteiger partial charge on any atom is -0.364 e. The lowest BCUT2D eigenvalue weighted by Crippen LogP contribution is -2.51. The van der Waals surface area contributed by atoms with Gasteiger partial charge in [0.25, 0.3) is 0 Å². The molecule has 1 unspecified atom stereocenters. The van der Waals surface area contributed by atoms with Crippen molar-refractivity contribution in [3.63, 3.8) is 0 Å². The molecule has 0 saturated carbocycles. The summed E-state index contributed by atoms with van der Waals surface area (Å²) in [6.07, 6.45) is 1.38. The lowest BCUT2D eigenvalue weighted by Gasteiger charge is -2.38. The van der Waals surface area contributed by atoms with E-state index >= 15 is 0 Å². The second-order valence-corrected chi connectivity index (χ2v) is 4.99. The molecule has 8 heteroatoms. The Kier molecular flexibility index (Phi) is 4.33. The van der Waals surface area contributed by atoms with Crippen LogP contribution in [0.3, 0.4) is 0 Å². The Labute approximate surface area is 118 Å². The predicted octanol–water partition coefficient (Wildman–Crippen LogP) is 0.957. The van der Waals surface area contributed by atoms with E-state index in [4.69, 9.17) is 0 Å². The predicted molar refractivity (Wildman–Crippen MR) is 77.2 cm³/mol. The van der Waals surface area contributed by atoms with Gasteiger partial charge in [0, 0.05) is 32.2 Å². The average molecular weight is 280 g/mol. The summed E-state index contributed by atoms with van der Waals surface area (Å²) in [7, 11) is 2.05. The number of hydrogen-bond donors (Lipinski definition) is 1. The first-order valence-electron chi connectivity index (χ1n) is 6.73. The van der Waals surface area contributed by atoms with E-state index in [0.717, 1.165) is 19.6 Å². The number of hydrogen-bond acceptors (Lipinski definition) is 7. The van der Waals surface area contributed by atoms with Gasteiger partial charge in [-0.25, -0.2) is 9.97 Å². The summed E-state index contributed by atoms with van der Waals surface area (Å²) < 4.78 is 0. The van der Waals surface area contributed by atoms with Gasteiger partial charge in [0.05, 0.1) is 4.92 Å². The van der Waals surface area contributed by atoms with Crippen molar-refractivity contribution >= 4 is 17.3 Å². The van der Waals surface area contributed by atoms with Crippen LogP contribution in [0.4, 0.5) is 17.3 Å². The Balaban J connectivity index is 2.40.